The first-order valence-electron chi connectivity index (χ1n) is 7.15. The maximum atomic E-state index is 13.0. The molecule has 1 atom stereocenters. The Kier molecular flexibility index (Phi) is 3.88. The number of fused-ring (bicyclic) bond motifs is 1. The third kappa shape index (κ3) is 2.78. The van der Waals surface area contributed by atoms with E-state index in [9.17, 15) is 23.1 Å². The van der Waals surface area contributed by atoms with Crippen molar-refractivity contribution in [1.29, 1.82) is 0 Å². The van der Waals surface area contributed by atoms with E-state index in [-0.39, 0.29) is 16.9 Å². The molecule has 2 aromatic heterocycles. The molecule has 0 fully saturated rings. The first-order valence-corrected chi connectivity index (χ1v) is 7.15. The monoisotopic (exact) mass is 334 g/mol. The van der Waals surface area contributed by atoms with E-state index in [2.05, 4.69) is 4.98 Å². The molecular formula is C17H13F3N2O2. The van der Waals surface area contributed by atoms with Gasteiger partial charge in [0.05, 0.1) is 17.4 Å². The Labute approximate surface area is 134 Å². The number of hydrogen-bond donors (Lipinski definition) is 1. The molecule has 1 N–H and O–H groups in total. The molecule has 0 bridgehead atoms. The predicted molar refractivity (Wildman–Crippen MR) is 83.0 cm³/mol. The number of rotatable bonds is 2. The van der Waals surface area contributed by atoms with Gasteiger partial charge in [0.25, 0.3) is 5.56 Å². The summed E-state index contributed by atoms with van der Waals surface area (Å²) in [5.74, 6) is 0. The Morgan fingerprint density at radius 1 is 1.17 bits per heavy atom. The summed E-state index contributed by atoms with van der Waals surface area (Å²) in [5, 5.41) is 10.4. The highest BCUT2D eigenvalue weighted by molar-refractivity contribution is 5.77. The smallest absolute Gasteiger partial charge is 0.388 e. The highest BCUT2D eigenvalue weighted by Gasteiger charge is 2.30. The number of aliphatic hydroxyl groups is 1. The molecule has 7 heteroatoms. The van der Waals surface area contributed by atoms with Gasteiger partial charge in [0.2, 0.25) is 0 Å². The Balaban J connectivity index is 2.37. The molecule has 3 rings (SSSR count). The minimum absolute atomic E-state index is 0.0426. The van der Waals surface area contributed by atoms with Crippen LogP contribution in [-0.2, 0) is 6.18 Å². The van der Waals surface area contributed by atoms with Crippen molar-refractivity contribution in [3.8, 4) is 5.69 Å². The Hall–Kier alpha value is -2.67. The molecule has 0 radical (unpaired) electrons. The third-order valence-electron chi connectivity index (χ3n) is 3.67. The van der Waals surface area contributed by atoms with Gasteiger partial charge >= 0.3 is 6.18 Å². The zero-order valence-corrected chi connectivity index (χ0v) is 12.6. The van der Waals surface area contributed by atoms with Crippen LogP contribution in [0.25, 0.3) is 16.7 Å². The largest absolute Gasteiger partial charge is 0.416 e. The SMILES string of the molecule is CC(O)c1cc2cccnc2n(-c2cccc(C(F)(F)F)c2)c1=O. The number of benzene rings is 1. The summed E-state index contributed by atoms with van der Waals surface area (Å²) < 4.78 is 40.0. The molecule has 2 heterocycles. The number of nitrogens with zero attached hydrogens (tertiary/aromatic N) is 2. The van der Waals surface area contributed by atoms with Crippen LogP contribution in [0.3, 0.4) is 0 Å². The molecule has 4 nitrogen and oxygen atoms in total. The topological polar surface area (TPSA) is 55.1 Å². The van der Waals surface area contributed by atoms with E-state index in [1.807, 2.05) is 0 Å². The van der Waals surface area contributed by atoms with Gasteiger partial charge in [-0.2, -0.15) is 13.2 Å². The van der Waals surface area contributed by atoms with Crippen molar-refractivity contribution in [1.82, 2.24) is 9.55 Å². The summed E-state index contributed by atoms with van der Waals surface area (Å²) in [6, 6.07) is 9.28. The second-order valence-electron chi connectivity index (χ2n) is 5.38. The minimum Gasteiger partial charge on any atom is -0.388 e. The molecule has 124 valence electrons. The van der Waals surface area contributed by atoms with Crippen LogP contribution in [0, 0.1) is 0 Å². The van der Waals surface area contributed by atoms with Gasteiger partial charge in [-0.1, -0.05) is 6.07 Å². The van der Waals surface area contributed by atoms with Crippen molar-refractivity contribution in [2.45, 2.75) is 19.2 Å². The van der Waals surface area contributed by atoms with Crippen LogP contribution in [0.5, 0.6) is 0 Å². The minimum atomic E-state index is -4.52. The lowest BCUT2D eigenvalue weighted by Crippen LogP contribution is -2.25. The van der Waals surface area contributed by atoms with Crippen molar-refractivity contribution in [2.24, 2.45) is 0 Å². The van der Waals surface area contributed by atoms with Crippen LogP contribution in [-0.4, -0.2) is 14.7 Å². The predicted octanol–water partition coefficient (Wildman–Crippen LogP) is 3.46. The number of pyridine rings is 2. The molecule has 0 amide bonds. The lowest BCUT2D eigenvalue weighted by Gasteiger charge is -2.15. The van der Waals surface area contributed by atoms with Gasteiger partial charge in [-0.3, -0.25) is 9.36 Å². The molecule has 24 heavy (non-hydrogen) atoms. The van der Waals surface area contributed by atoms with E-state index in [4.69, 9.17) is 0 Å². The van der Waals surface area contributed by atoms with Gasteiger partial charge in [-0.25, -0.2) is 4.98 Å². The van der Waals surface area contributed by atoms with Gasteiger partial charge in [-0.15, -0.1) is 0 Å². The van der Waals surface area contributed by atoms with E-state index in [0.29, 0.717) is 5.39 Å². The molecule has 1 unspecified atom stereocenters. The van der Waals surface area contributed by atoms with Crippen LogP contribution in [0.15, 0.2) is 53.5 Å². The van der Waals surface area contributed by atoms with Crippen molar-refractivity contribution in [3.63, 3.8) is 0 Å². The zero-order chi connectivity index (χ0) is 17.5. The number of hydrogen-bond acceptors (Lipinski definition) is 3. The van der Waals surface area contributed by atoms with Crippen molar-refractivity contribution >= 4 is 11.0 Å². The molecule has 0 aliphatic rings. The highest BCUT2D eigenvalue weighted by Crippen LogP contribution is 2.30. The normalized spacial score (nSPS) is 13.2. The van der Waals surface area contributed by atoms with Crippen LogP contribution < -0.4 is 5.56 Å². The molecular weight excluding hydrogens is 321 g/mol. The van der Waals surface area contributed by atoms with Crippen LogP contribution in [0.2, 0.25) is 0 Å². The molecule has 3 aromatic rings. The van der Waals surface area contributed by atoms with Crippen molar-refractivity contribution < 1.29 is 18.3 Å². The fraction of sp³-hybridized carbons (Fsp3) is 0.176. The Morgan fingerprint density at radius 2 is 1.92 bits per heavy atom. The highest BCUT2D eigenvalue weighted by atomic mass is 19.4. The average molecular weight is 334 g/mol. The van der Waals surface area contributed by atoms with Gasteiger partial charge in [-0.05, 0) is 43.3 Å². The van der Waals surface area contributed by atoms with Gasteiger partial charge in [0, 0.05) is 17.1 Å². The van der Waals surface area contributed by atoms with Gasteiger partial charge in [0.1, 0.15) is 5.65 Å². The van der Waals surface area contributed by atoms with Crippen molar-refractivity contribution in [3.05, 3.63) is 70.1 Å². The maximum absolute atomic E-state index is 13.0. The quantitative estimate of drug-likeness (QED) is 0.781. The lowest BCUT2D eigenvalue weighted by atomic mass is 10.1. The second kappa shape index (κ2) is 5.76. The van der Waals surface area contributed by atoms with Gasteiger partial charge in [0.15, 0.2) is 0 Å². The molecule has 0 aliphatic carbocycles. The first kappa shape index (κ1) is 16.2. The summed E-state index contributed by atoms with van der Waals surface area (Å²) in [5.41, 5.74) is -1.10. The number of aromatic nitrogens is 2. The fourth-order valence-corrected chi connectivity index (χ4v) is 2.52. The summed E-state index contributed by atoms with van der Waals surface area (Å²) in [4.78, 5) is 16.8. The molecule has 1 aromatic carbocycles. The maximum Gasteiger partial charge on any atom is 0.416 e. The van der Waals surface area contributed by atoms with E-state index in [0.717, 1.165) is 16.7 Å². The standard InChI is InChI=1S/C17H13F3N2O2/c1-10(23)14-8-11-4-3-7-21-15(11)22(16(14)24)13-6-2-5-12(9-13)17(18,19)20/h2-10,23H,1H3. The summed E-state index contributed by atoms with van der Waals surface area (Å²) in [6.45, 7) is 1.43. The number of aliphatic hydroxyl groups excluding tert-OH is 1. The van der Waals surface area contributed by atoms with Crippen LogP contribution in [0.1, 0.15) is 24.2 Å². The van der Waals surface area contributed by atoms with E-state index in [1.54, 1.807) is 12.1 Å². The Morgan fingerprint density at radius 3 is 2.58 bits per heavy atom. The summed E-state index contributed by atoms with van der Waals surface area (Å²) in [7, 11) is 0. The molecule has 0 spiro atoms. The van der Waals surface area contributed by atoms with Crippen LogP contribution >= 0.6 is 0 Å². The fourth-order valence-electron chi connectivity index (χ4n) is 2.52. The molecule has 0 saturated carbocycles. The van der Waals surface area contributed by atoms with Crippen LogP contribution in [0.4, 0.5) is 13.2 Å². The first-order chi connectivity index (χ1) is 11.3. The molecule has 0 aliphatic heterocycles. The third-order valence-corrected chi connectivity index (χ3v) is 3.67. The van der Waals surface area contributed by atoms with E-state index in [1.165, 1.54) is 31.3 Å². The lowest BCUT2D eigenvalue weighted by molar-refractivity contribution is -0.137. The summed E-state index contributed by atoms with van der Waals surface area (Å²) in [6.07, 6.45) is -4.13. The van der Waals surface area contributed by atoms with E-state index >= 15 is 0 Å². The van der Waals surface area contributed by atoms with Crippen molar-refractivity contribution in [2.75, 3.05) is 0 Å². The van der Waals surface area contributed by atoms with E-state index < -0.39 is 23.4 Å². The summed E-state index contributed by atoms with van der Waals surface area (Å²) >= 11 is 0. The number of alkyl halides is 3. The average Bonchev–Trinajstić information content (AvgIpc) is 2.53. The Bertz CT molecular complexity index is 962. The number of halogens is 3. The second-order valence-corrected chi connectivity index (χ2v) is 5.38. The molecule has 0 saturated heterocycles. The zero-order valence-electron chi connectivity index (χ0n) is 12.6. The van der Waals surface area contributed by atoms with Gasteiger partial charge < -0.3 is 5.11 Å².